The highest BCUT2D eigenvalue weighted by atomic mass is 35.5. The maximum Gasteiger partial charge on any atom is 0.224 e. The summed E-state index contributed by atoms with van der Waals surface area (Å²) < 4.78 is 0. The molecule has 1 aromatic heterocycles. The third kappa shape index (κ3) is 4.37. The van der Waals surface area contributed by atoms with Crippen molar-refractivity contribution in [2.75, 3.05) is 10.6 Å². The molecular weight excluding hydrogens is 343 g/mol. The highest BCUT2D eigenvalue weighted by Gasteiger charge is 2.03. The highest BCUT2D eigenvalue weighted by Crippen LogP contribution is 2.26. The van der Waals surface area contributed by atoms with E-state index in [1.807, 2.05) is 6.07 Å². The molecule has 122 valence electrons. The van der Waals surface area contributed by atoms with Crippen molar-refractivity contribution >= 4 is 40.7 Å². The first kappa shape index (κ1) is 16.6. The quantitative estimate of drug-likeness (QED) is 0.636. The van der Waals surface area contributed by atoms with Gasteiger partial charge in [0.15, 0.2) is 0 Å². The molecule has 24 heavy (non-hydrogen) atoms. The summed E-state index contributed by atoms with van der Waals surface area (Å²) in [4.78, 5) is 8.68. The van der Waals surface area contributed by atoms with Crippen LogP contribution in [0, 0.1) is 6.92 Å². The van der Waals surface area contributed by atoms with Crippen molar-refractivity contribution in [1.29, 1.82) is 0 Å². The Labute approximate surface area is 150 Å². The molecule has 4 nitrogen and oxygen atoms in total. The summed E-state index contributed by atoms with van der Waals surface area (Å²) in [6.45, 7) is 2.73. The maximum absolute atomic E-state index is 6.02. The number of benzene rings is 2. The summed E-state index contributed by atoms with van der Waals surface area (Å²) in [5, 5.41) is 7.41. The fourth-order valence-electron chi connectivity index (χ4n) is 2.12. The number of hydrogen-bond donors (Lipinski definition) is 2. The number of nitrogens with one attached hydrogen (secondary N) is 2. The molecule has 0 atom stereocenters. The number of hydrogen-bond acceptors (Lipinski definition) is 4. The third-order valence-corrected chi connectivity index (χ3v) is 4.16. The Morgan fingerprint density at radius 1 is 0.958 bits per heavy atom. The second-order valence-corrected chi connectivity index (χ2v) is 6.17. The van der Waals surface area contributed by atoms with Gasteiger partial charge in [0.1, 0.15) is 5.82 Å². The van der Waals surface area contributed by atoms with Crippen molar-refractivity contribution in [3.63, 3.8) is 0 Å². The van der Waals surface area contributed by atoms with E-state index in [2.05, 4.69) is 51.8 Å². The average Bonchev–Trinajstić information content (AvgIpc) is 2.58. The van der Waals surface area contributed by atoms with Crippen molar-refractivity contribution in [2.24, 2.45) is 0 Å². The second-order valence-electron chi connectivity index (χ2n) is 5.36. The van der Waals surface area contributed by atoms with Crippen molar-refractivity contribution < 1.29 is 0 Å². The van der Waals surface area contributed by atoms with Gasteiger partial charge in [-0.3, -0.25) is 0 Å². The molecule has 1 heterocycles. The van der Waals surface area contributed by atoms with Gasteiger partial charge in [-0.25, -0.2) is 4.98 Å². The van der Waals surface area contributed by atoms with Gasteiger partial charge >= 0.3 is 0 Å². The molecule has 0 saturated heterocycles. The molecule has 6 heteroatoms. The Hall–Kier alpha value is -2.30. The summed E-state index contributed by atoms with van der Waals surface area (Å²) >= 11 is 11.9. The molecule has 0 saturated carbocycles. The molecule has 3 aromatic rings. The Morgan fingerprint density at radius 2 is 1.75 bits per heavy atom. The standard InChI is InChI=1S/C18H16Cl2N4/c1-12-2-4-13(5-3-12)11-22-18-21-9-8-17(24-18)23-14-6-7-15(19)16(20)10-14/h2-10H,11H2,1H3,(H2,21,22,23,24). The summed E-state index contributed by atoms with van der Waals surface area (Å²) in [6, 6.07) is 15.5. The van der Waals surface area contributed by atoms with Crippen molar-refractivity contribution in [1.82, 2.24) is 9.97 Å². The molecule has 0 fully saturated rings. The van der Waals surface area contributed by atoms with Gasteiger partial charge in [0, 0.05) is 18.4 Å². The zero-order valence-electron chi connectivity index (χ0n) is 13.1. The molecule has 0 amide bonds. The Kier molecular flexibility index (Phi) is 5.18. The van der Waals surface area contributed by atoms with E-state index >= 15 is 0 Å². The minimum Gasteiger partial charge on any atom is -0.350 e. The van der Waals surface area contributed by atoms with Crippen LogP contribution in [0.1, 0.15) is 11.1 Å². The van der Waals surface area contributed by atoms with Crippen molar-refractivity contribution in [3.05, 3.63) is 75.9 Å². The normalized spacial score (nSPS) is 10.5. The van der Waals surface area contributed by atoms with Crippen LogP contribution in [0.25, 0.3) is 0 Å². The Morgan fingerprint density at radius 3 is 2.50 bits per heavy atom. The van der Waals surface area contributed by atoms with Gasteiger partial charge in [-0.15, -0.1) is 0 Å². The van der Waals surface area contributed by atoms with Gasteiger partial charge in [0.05, 0.1) is 10.0 Å². The predicted molar refractivity (Wildman–Crippen MR) is 100 cm³/mol. The van der Waals surface area contributed by atoms with Gasteiger partial charge in [-0.05, 0) is 36.8 Å². The van der Waals surface area contributed by atoms with Gasteiger partial charge in [0.25, 0.3) is 0 Å². The molecule has 0 bridgehead atoms. The van der Waals surface area contributed by atoms with Crippen LogP contribution in [0.4, 0.5) is 17.5 Å². The zero-order chi connectivity index (χ0) is 16.9. The van der Waals surface area contributed by atoms with E-state index in [0.717, 1.165) is 5.69 Å². The summed E-state index contributed by atoms with van der Waals surface area (Å²) in [6.07, 6.45) is 1.70. The SMILES string of the molecule is Cc1ccc(CNc2nccc(Nc3ccc(Cl)c(Cl)c3)n2)cc1. The van der Waals surface area contributed by atoms with E-state index in [9.17, 15) is 0 Å². The van der Waals surface area contributed by atoms with Crippen LogP contribution in [-0.2, 0) is 6.54 Å². The fourth-order valence-corrected chi connectivity index (χ4v) is 2.42. The number of anilines is 3. The fraction of sp³-hybridized carbons (Fsp3) is 0.111. The van der Waals surface area contributed by atoms with E-state index in [-0.39, 0.29) is 0 Å². The van der Waals surface area contributed by atoms with Crippen molar-refractivity contribution in [3.8, 4) is 0 Å². The number of halogens is 2. The van der Waals surface area contributed by atoms with E-state index in [4.69, 9.17) is 23.2 Å². The van der Waals surface area contributed by atoms with Gasteiger partial charge < -0.3 is 10.6 Å². The summed E-state index contributed by atoms with van der Waals surface area (Å²) in [5.74, 6) is 1.23. The first-order chi connectivity index (χ1) is 11.6. The zero-order valence-corrected chi connectivity index (χ0v) is 14.6. The number of nitrogens with zero attached hydrogens (tertiary/aromatic N) is 2. The monoisotopic (exact) mass is 358 g/mol. The minimum atomic E-state index is 0.494. The predicted octanol–water partition coefficient (Wildman–Crippen LogP) is 5.45. The topological polar surface area (TPSA) is 49.8 Å². The molecule has 0 spiro atoms. The first-order valence-corrected chi connectivity index (χ1v) is 8.20. The van der Waals surface area contributed by atoms with Crippen molar-refractivity contribution in [2.45, 2.75) is 13.5 Å². The molecule has 3 rings (SSSR count). The second kappa shape index (κ2) is 7.51. The van der Waals surface area contributed by atoms with E-state index in [0.29, 0.717) is 28.4 Å². The van der Waals surface area contributed by atoms with E-state index in [1.165, 1.54) is 11.1 Å². The van der Waals surface area contributed by atoms with Gasteiger partial charge in [0.2, 0.25) is 5.95 Å². The molecule has 0 aliphatic heterocycles. The highest BCUT2D eigenvalue weighted by molar-refractivity contribution is 6.42. The smallest absolute Gasteiger partial charge is 0.224 e. The lowest BCUT2D eigenvalue weighted by Crippen LogP contribution is -2.05. The van der Waals surface area contributed by atoms with Crippen LogP contribution in [0.15, 0.2) is 54.7 Å². The van der Waals surface area contributed by atoms with Crippen LogP contribution < -0.4 is 10.6 Å². The minimum absolute atomic E-state index is 0.494. The molecule has 0 aliphatic rings. The average molecular weight is 359 g/mol. The van der Waals surface area contributed by atoms with Crippen LogP contribution >= 0.6 is 23.2 Å². The number of aromatic nitrogens is 2. The van der Waals surface area contributed by atoms with Crippen LogP contribution in [0.5, 0.6) is 0 Å². The molecule has 0 unspecified atom stereocenters. The first-order valence-electron chi connectivity index (χ1n) is 7.45. The molecular formula is C18H16Cl2N4. The van der Waals surface area contributed by atoms with Gasteiger partial charge in [-0.2, -0.15) is 4.98 Å². The lowest BCUT2D eigenvalue weighted by atomic mass is 10.1. The van der Waals surface area contributed by atoms with E-state index < -0.39 is 0 Å². The van der Waals surface area contributed by atoms with Crippen LogP contribution in [-0.4, -0.2) is 9.97 Å². The molecule has 2 N–H and O–H groups in total. The third-order valence-electron chi connectivity index (χ3n) is 3.42. The van der Waals surface area contributed by atoms with Crippen LogP contribution in [0.3, 0.4) is 0 Å². The maximum atomic E-state index is 6.02. The summed E-state index contributed by atoms with van der Waals surface area (Å²) in [7, 11) is 0. The lowest BCUT2D eigenvalue weighted by Gasteiger charge is -2.09. The Bertz CT molecular complexity index is 835. The lowest BCUT2D eigenvalue weighted by molar-refractivity contribution is 1.05. The molecule has 0 aliphatic carbocycles. The van der Waals surface area contributed by atoms with Gasteiger partial charge in [-0.1, -0.05) is 53.0 Å². The van der Waals surface area contributed by atoms with E-state index in [1.54, 1.807) is 24.4 Å². The largest absolute Gasteiger partial charge is 0.350 e. The number of rotatable bonds is 5. The molecule has 0 radical (unpaired) electrons. The van der Waals surface area contributed by atoms with Crippen LogP contribution in [0.2, 0.25) is 10.0 Å². The number of aryl methyl sites for hydroxylation is 1. The molecule has 2 aromatic carbocycles. The Balaban J connectivity index is 1.67. The summed E-state index contributed by atoms with van der Waals surface area (Å²) in [5.41, 5.74) is 3.22.